The van der Waals surface area contributed by atoms with Crippen LogP contribution in [0.3, 0.4) is 0 Å². The Morgan fingerprint density at radius 3 is 2.52 bits per heavy atom. The molecule has 1 N–H and O–H groups in total. The lowest BCUT2D eigenvalue weighted by atomic mass is 10.1. The van der Waals surface area contributed by atoms with Crippen LogP contribution in [0.4, 0.5) is 13.2 Å². The molecule has 1 unspecified atom stereocenters. The van der Waals surface area contributed by atoms with Crippen molar-refractivity contribution in [3.63, 3.8) is 0 Å². The molecular weight excluding hydrogens is 555 g/mol. The van der Waals surface area contributed by atoms with Gasteiger partial charge in [0.05, 0.1) is 17.7 Å². The lowest BCUT2D eigenvalue weighted by molar-refractivity contribution is -0.141. The lowest BCUT2D eigenvalue weighted by Crippen LogP contribution is -2.48. The fourth-order valence-electron chi connectivity index (χ4n) is 5.18. The number of nitrogens with zero attached hydrogens (tertiary/aromatic N) is 4. The van der Waals surface area contributed by atoms with Gasteiger partial charge in [0.1, 0.15) is 30.5 Å². The number of likely N-dealkylation sites (N-methyl/N-ethyl adjacent to an activating group) is 1. The van der Waals surface area contributed by atoms with Gasteiger partial charge in [-0.3, -0.25) is 24.2 Å². The molecule has 0 saturated heterocycles. The molecule has 1 aromatic heterocycles. The molecule has 220 valence electrons. The molecule has 0 fully saturated rings. The van der Waals surface area contributed by atoms with E-state index in [0.29, 0.717) is 38.3 Å². The van der Waals surface area contributed by atoms with E-state index in [1.807, 2.05) is 29.2 Å². The van der Waals surface area contributed by atoms with Crippen molar-refractivity contribution in [3.05, 3.63) is 82.4 Å². The van der Waals surface area contributed by atoms with Crippen LogP contribution in [-0.2, 0) is 42.0 Å². The molecule has 3 amide bonds. The Kier molecular flexibility index (Phi) is 8.12. The zero-order valence-corrected chi connectivity index (χ0v) is 22.7. The van der Waals surface area contributed by atoms with Gasteiger partial charge in [-0.05, 0) is 29.7 Å². The standard InChI is InChI=1S/C29H28F3N5O5/c1-33-26(39)21(5-3-13-38)37-27(40)20-4-2-6-22(25(20)28(37)41)42-17-19-9-7-18(8-10-19)14-35-11-12-36-15-23(29(30,31)32)34-24(36)16-35/h2,4,6-10,13,15,21H,3,5,11-12,14,16-17H2,1H3,(H,33,39). The van der Waals surface area contributed by atoms with Gasteiger partial charge >= 0.3 is 6.18 Å². The first-order chi connectivity index (χ1) is 20.1. The Bertz CT molecular complexity index is 1520. The third kappa shape index (κ3) is 5.77. The highest BCUT2D eigenvalue weighted by Crippen LogP contribution is 2.34. The maximum absolute atomic E-state index is 13.3. The van der Waals surface area contributed by atoms with Gasteiger partial charge in [-0.15, -0.1) is 0 Å². The molecule has 0 saturated carbocycles. The largest absolute Gasteiger partial charge is 0.488 e. The Morgan fingerprint density at radius 2 is 1.83 bits per heavy atom. The number of benzene rings is 2. The second-order valence-electron chi connectivity index (χ2n) is 10.1. The number of ether oxygens (including phenoxy) is 1. The number of carbonyl (C=O) groups excluding carboxylic acids is 4. The van der Waals surface area contributed by atoms with Crippen LogP contribution in [0.2, 0.25) is 0 Å². The van der Waals surface area contributed by atoms with Gasteiger partial charge in [0.25, 0.3) is 11.8 Å². The highest BCUT2D eigenvalue weighted by Gasteiger charge is 2.44. The summed E-state index contributed by atoms with van der Waals surface area (Å²) in [5.41, 5.74) is 1.06. The van der Waals surface area contributed by atoms with Crippen LogP contribution in [0, 0.1) is 0 Å². The normalized spacial score (nSPS) is 15.8. The number of aromatic nitrogens is 2. The number of hydrogen-bond acceptors (Lipinski definition) is 7. The lowest BCUT2D eigenvalue weighted by Gasteiger charge is -2.27. The van der Waals surface area contributed by atoms with E-state index in [4.69, 9.17) is 4.74 Å². The van der Waals surface area contributed by atoms with Gasteiger partial charge in [0.15, 0.2) is 5.69 Å². The molecule has 1 atom stereocenters. The van der Waals surface area contributed by atoms with E-state index < -0.39 is 35.6 Å². The molecule has 2 aromatic carbocycles. The van der Waals surface area contributed by atoms with Crippen molar-refractivity contribution in [2.45, 2.75) is 51.3 Å². The summed E-state index contributed by atoms with van der Waals surface area (Å²) in [7, 11) is 1.39. The molecule has 5 rings (SSSR count). The van der Waals surface area contributed by atoms with E-state index in [9.17, 15) is 32.3 Å². The topological polar surface area (TPSA) is 114 Å². The summed E-state index contributed by atoms with van der Waals surface area (Å²) in [6.07, 6.45) is -2.78. The zero-order valence-electron chi connectivity index (χ0n) is 22.7. The maximum Gasteiger partial charge on any atom is 0.434 e. The SMILES string of the molecule is CNC(=O)C(CCC=O)N1C(=O)c2cccc(OCc3ccc(CN4CCn5cc(C(F)(F)F)nc5C4)cc3)c2C1=O. The van der Waals surface area contributed by atoms with E-state index >= 15 is 0 Å². The second kappa shape index (κ2) is 11.8. The van der Waals surface area contributed by atoms with Crippen LogP contribution in [0.5, 0.6) is 5.75 Å². The fraction of sp³-hybridized carbons (Fsp3) is 0.345. The van der Waals surface area contributed by atoms with Crippen LogP contribution in [0.15, 0.2) is 48.7 Å². The van der Waals surface area contributed by atoms with Crippen molar-refractivity contribution in [2.24, 2.45) is 0 Å². The van der Waals surface area contributed by atoms with Crippen LogP contribution in [0.25, 0.3) is 0 Å². The quantitative estimate of drug-likeness (QED) is 0.288. The average Bonchev–Trinajstić information content (AvgIpc) is 3.52. The number of halogens is 3. The molecule has 10 nitrogen and oxygen atoms in total. The van der Waals surface area contributed by atoms with Crippen LogP contribution < -0.4 is 10.1 Å². The number of amides is 3. The van der Waals surface area contributed by atoms with E-state index in [0.717, 1.165) is 22.2 Å². The minimum Gasteiger partial charge on any atom is -0.488 e. The minimum absolute atomic E-state index is 0.00595. The molecule has 0 radical (unpaired) electrons. The van der Waals surface area contributed by atoms with Gasteiger partial charge in [-0.1, -0.05) is 30.3 Å². The van der Waals surface area contributed by atoms with Crippen molar-refractivity contribution in [3.8, 4) is 5.75 Å². The summed E-state index contributed by atoms with van der Waals surface area (Å²) in [4.78, 5) is 56.4. The Morgan fingerprint density at radius 1 is 1.10 bits per heavy atom. The van der Waals surface area contributed by atoms with Gasteiger partial charge < -0.3 is 19.4 Å². The fourth-order valence-corrected chi connectivity index (χ4v) is 5.18. The molecule has 0 aliphatic carbocycles. The van der Waals surface area contributed by atoms with Gasteiger partial charge in [0, 0.05) is 39.3 Å². The number of imidazole rings is 1. The van der Waals surface area contributed by atoms with Crippen LogP contribution >= 0.6 is 0 Å². The van der Waals surface area contributed by atoms with E-state index in [2.05, 4.69) is 10.3 Å². The second-order valence-corrected chi connectivity index (χ2v) is 10.1. The van der Waals surface area contributed by atoms with Gasteiger partial charge in [-0.25, -0.2) is 4.98 Å². The summed E-state index contributed by atoms with van der Waals surface area (Å²) in [6, 6.07) is 11.0. The molecule has 3 heterocycles. The first kappa shape index (κ1) is 29.0. The number of imide groups is 1. The summed E-state index contributed by atoms with van der Waals surface area (Å²) < 4.78 is 46.5. The van der Waals surface area contributed by atoms with Crippen molar-refractivity contribution in [1.82, 2.24) is 24.7 Å². The van der Waals surface area contributed by atoms with Gasteiger partial charge in [-0.2, -0.15) is 13.2 Å². The maximum atomic E-state index is 13.3. The van der Waals surface area contributed by atoms with Crippen LogP contribution in [-0.4, -0.2) is 63.0 Å². The summed E-state index contributed by atoms with van der Waals surface area (Å²) >= 11 is 0. The molecule has 42 heavy (non-hydrogen) atoms. The third-order valence-electron chi connectivity index (χ3n) is 7.32. The molecule has 3 aromatic rings. The molecule has 2 aliphatic rings. The predicted octanol–water partition coefficient (Wildman–Crippen LogP) is 3.19. The van der Waals surface area contributed by atoms with Crippen molar-refractivity contribution in [1.29, 1.82) is 0 Å². The smallest absolute Gasteiger partial charge is 0.434 e. The summed E-state index contributed by atoms with van der Waals surface area (Å²) in [6.45, 7) is 1.95. The predicted molar refractivity (Wildman–Crippen MR) is 142 cm³/mol. The number of carbonyl (C=O) groups is 4. The minimum atomic E-state index is -4.47. The van der Waals surface area contributed by atoms with E-state index in [-0.39, 0.29) is 36.3 Å². The van der Waals surface area contributed by atoms with Crippen molar-refractivity contribution < 1.29 is 37.1 Å². The molecular formula is C29H28F3N5O5. The number of nitrogens with one attached hydrogen (secondary N) is 1. The molecule has 0 spiro atoms. The number of aldehydes is 1. The number of hydrogen-bond donors (Lipinski definition) is 1. The third-order valence-corrected chi connectivity index (χ3v) is 7.32. The Hall–Kier alpha value is -4.52. The number of rotatable bonds is 10. The van der Waals surface area contributed by atoms with E-state index in [1.165, 1.54) is 13.1 Å². The summed E-state index contributed by atoms with van der Waals surface area (Å²) in [5, 5.41) is 2.44. The molecule has 0 bridgehead atoms. The highest BCUT2D eigenvalue weighted by molar-refractivity contribution is 6.24. The van der Waals surface area contributed by atoms with Gasteiger partial charge in [0.2, 0.25) is 5.91 Å². The Balaban J connectivity index is 1.23. The van der Waals surface area contributed by atoms with Crippen LogP contribution in [0.1, 0.15) is 56.2 Å². The zero-order chi connectivity index (χ0) is 30.0. The average molecular weight is 584 g/mol. The summed E-state index contributed by atoms with van der Waals surface area (Å²) in [5.74, 6) is -1.25. The molecule has 2 aliphatic heterocycles. The molecule has 13 heteroatoms. The monoisotopic (exact) mass is 583 g/mol. The number of fused-ring (bicyclic) bond motifs is 2. The highest BCUT2D eigenvalue weighted by atomic mass is 19.4. The van der Waals surface area contributed by atoms with Crippen molar-refractivity contribution >= 4 is 24.0 Å². The first-order valence-corrected chi connectivity index (χ1v) is 13.3. The first-order valence-electron chi connectivity index (χ1n) is 13.3. The van der Waals surface area contributed by atoms with E-state index in [1.54, 1.807) is 16.7 Å². The van der Waals surface area contributed by atoms with Crippen molar-refractivity contribution in [2.75, 3.05) is 13.6 Å². The number of alkyl halides is 3. The Labute approximate surface area is 239 Å².